The summed E-state index contributed by atoms with van der Waals surface area (Å²) in [5.74, 6) is -0.124. The molecule has 5 heteroatoms. The van der Waals surface area contributed by atoms with E-state index in [1.807, 2.05) is 75.9 Å². The minimum absolute atomic E-state index is 0.0218. The lowest BCUT2D eigenvalue weighted by Gasteiger charge is -2.46. The molecule has 2 aromatic carbocycles. The Morgan fingerprint density at radius 2 is 1.47 bits per heavy atom. The van der Waals surface area contributed by atoms with Crippen molar-refractivity contribution in [1.29, 1.82) is 0 Å². The average Bonchev–Trinajstić information content (AvgIpc) is 2.69. The second kappa shape index (κ2) is 8.90. The number of piperazine rings is 1. The van der Waals surface area contributed by atoms with Crippen LogP contribution in [0.15, 0.2) is 60.7 Å². The van der Waals surface area contributed by atoms with Gasteiger partial charge in [-0.2, -0.15) is 0 Å². The third-order valence-electron chi connectivity index (χ3n) is 5.36. The number of nitrogens with zero attached hydrogens (tertiary/aromatic N) is 2. The maximum Gasteiger partial charge on any atom is 0.411 e. The first-order valence-corrected chi connectivity index (χ1v) is 10.6. The summed E-state index contributed by atoms with van der Waals surface area (Å²) in [6, 6.07) is 20.2. The molecule has 0 N–H and O–H groups in total. The maximum absolute atomic E-state index is 13.1. The minimum Gasteiger partial charge on any atom is -0.444 e. The summed E-state index contributed by atoms with van der Waals surface area (Å²) in [6.45, 7) is 10.0. The van der Waals surface area contributed by atoms with Gasteiger partial charge >= 0.3 is 6.09 Å². The molecule has 0 bridgehead atoms. The molecule has 1 aliphatic rings. The van der Waals surface area contributed by atoms with Gasteiger partial charge in [0.15, 0.2) is 0 Å². The fraction of sp³-hybridized carbons (Fsp3) is 0.440. The number of amides is 2. The average molecular weight is 409 g/mol. The SMILES string of the molecule is CC(C)N1C[C@H](C(c2ccccc2)c2ccccc2)N(C(=O)OC(C)(C)C)CC1=O. The van der Waals surface area contributed by atoms with Gasteiger partial charge in [-0.25, -0.2) is 4.79 Å². The molecular formula is C25H32N2O3. The Morgan fingerprint density at radius 3 is 1.90 bits per heavy atom. The summed E-state index contributed by atoms with van der Waals surface area (Å²) in [7, 11) is 0. The topological polar surface area (TPSA) is 49.9 Å². The van der Waals surface area contributed by atoms with Crippen LogP contribution in [0.5, 0.6) is 0 Å². The summed E-state index contributed by atoms with van der Waals surface area (Å²) in [4.78, 5) is 29.5. The summed E-state index contributed by atoms with van der Waals surface area (Å²) in [5.41, 5.74) is 1.59. The molecule has 0 radical (unpaired) electrons. The van der Waals surface area contributed by atoms with Crippen LogP contribution in [-0.4, -0.2) is 52.6 Å². The molecule has 1 atom stereocenters. The third-order valence-corrected chi connectivity index (χ3v) is 5.36. The smallest absolute Gasteiger partial charge is 0.411 e. The molecule has 30 heavy (non-hydrogen) atoms. The summed E-state index contributed by atoms with van der Waals surface area (Å²) in [6.07, 6.45) is -0.443. The quantitative estimate of drug-likeness (QED) is 0.738. The second-order valence-electron chi connectivity index (χ2n) is 9.11. The van der Waals surface area contributed by atoms with Crippen molar-refractivity contribution in [2.45, 2.75) is 58.2 Å². The largest absolute Gasteiger partial charge is 0.444 e. The van der Waals surface area contributed by atoms with Crippen LogP contribution < -0.4 is 0 Å². The van der Waals surface area contributed by atoms with Crippen molar-refractivity contribution in [3.63, 3.8) is 0 Å². The van der Waals surface area contributed by atoms with Crippen molar-refractivity contribution in [2.75, 3.05) is 13.1 Å². The highest BCUT2D eigenvalue weighted by atomic mass is 16.6. The Kier molecular flexibility index (Phi) is 6.49. The molecule has 1 fully saturated rings. The minimum atomic E-state index is -0.630. The van der Waals surface area contributed by atoms with Gasteiger partial charge in [-0.15, -0.1) is 0 Å². The first-order valence-electron chi connectivity index (χ1n) is 10.6. The van der Waals surface area contributed by atoms with E-state index in [4.69, 9.17) is 4.74 Å². The molecule has 0 spiro atoms. The number of benzene rings is 2. The highest BCUT2D eigenvalue weighted by Crippen LogP contribution is 2.34. The molecule has 2 amide bonds. The molecule has 1 heterocycles. The van der Waals surface area contributed by atoms with Gasteiger partial charge in [0.05, 0.1) is 6.04 Å². The molecule has 1 saturated heterocycles. The van der Waals surface area contributed by atoms with E-state index in [1.165, 1.54) is 0 Å². The number of ether oxygens (including phenoxy) is 1. The van der Waals surface area contributed by atoms with Crippen LogP contribution in [0.25, 0.3) is 0 Å². The van der Waals surface area contributed by atoms with Gasteiger partial charge in [0, 0.05) is 18.5 Å². The molecule has 2 aromatic rings. The normalized spacial score (nSPS) is 17.6. The van der Waals surface area contributed by atoms with E-state index in [-0.39, 0.29) is 30.5 Å². The molecule has 0 aromatic heterocycles. The zero-order chi connectivity index (χ0) is 21.9. The lowest BCUT2D eigenvalue weighted by Crippen LogP contribution is -2.61. The Bertz CT molecular complexity index is 819. The predicted octanol–water partition coefficient (Wildman–Crippen LogP) is 4.67. The van der Waals surface area contributed by atoms with Gasteiger partial charge in [-0.05, 0) is 45.7 Å². The molecule has 0 aliphatic carbocycles. The zero-order valence-corrected chi connectivity index (χ0v) is 18.5. The highest BCUT2D eigenvalue weighted by Gasteiger charge is 2.42. The number of hydrogen-bond donors (Lipinski definition) is 0. The number of hydrogen-bond acceptors (Lipinski definition) is 3. The predicted molar refractivity (Wildman–Crippen MR) is 118 cm³/mol. The fourth-order valence-corrected chi connectivity index (χ4v) is 4.02. The van der Waals surface area contributed by atoms with Gasteiger partial charge in [-0.3, -0.25) is 9.69 Å². The van der Waals surface area contributed by atoms with Gasteiger partial charge in [0.1, 0.15) is 12.1 Å². The Labute approximate surface area is 179 Å². The Morgan fingerprint density at radius 1 is 0.967 bits per heavy atom. The third kappa shape index (κ3) is 5.02. The van der Waals surface area contributed by atoms with Crippen molar-refractivity contribution >= 4 is 12.0 Å². The summed E-state index contributed by atoms with van der Waals surface area (Å²) < 4.78 is 5.69. The van der Waals surface area contributed by atoms with E-state index in [2.05, 4.69) is 24.3 Å². The first-order chi connectivity index (χ1) is 14.2. The van der Waals surface area contributed by atoms with Crippen molar-refractivity contribution in [3.05, 3.63) is 71.8 Å². The number of rotatable bonds is 4. The van der Waals surface area contributed by atoms with E-state index >= 15 is 0 Å². The molecule has 160 valence electrons. The van der Waals surface area contributed by atoms with Crippen LogP contribution in [-0.2, 0) is 9.53 Å². The zero-order valence-electron chi connectivity index (χ0n) is 18.5. The maximum atomic E-state index is 13.1. The number of carbonyl (C=O) groups is 2. The van der Waals surface area contributed by atoms with E-state index in [0.29, 0.717) is 6.54 Å². The fourth-order valence-electron chi connectivity index (χ4n) is 4.02. The van der Waals surface area contributed by atoms with Crippen LogP contribution in [0.4, 0.5) is 4.79 Å². The lowest BCUT2D eigenvalue weighted by molar-refractivity contribution is -0.140. The van der Waals surface area contributed by atoms with E-state index in [1.54, 1.807) is 4.90 Å². The molecule has 3 rings (SSSR count). The van der Waals surface area contributed by atoms with E-state index in [0.717, 1.165) is 11.1 Å². The summed E-state index contributed by atoms with van der Waals surface area (Å²) in [5, 5.41) is 0. The Balaban J connectivity index is 2.07. The monoisotopic (exact) mass is 408 g/mol. The first kappa shape index (κ1) is 21.9. The Hall–Kier alpha value is -2.82. The van der Waals surface area contributed by atoms with Crippen LogP contribution in [0.3, 0.4) is 0 Å². The van der Waals surface area contributed by atoms with Crippen molar-refractivity contribution < 1.29 is 14.3 Å². The van der Waals surface area contributed by atoms with Gasteiger partial charge < -0.3 is 9.64 Å². The van der Waals surface area contributed by atoms with Crippen LogP contribution in [0, 0.1) is 0 Å². The van der Waals surface area contributed by atoms with Crippen LogP contribution in [0.2, 0.25) is 0 Å². The van der Waals surface area contributed by atoms with Crippen LogP contribution in [0.1, 0.15) is 51.7 Å². The van der Waals surface area contributed by atoms with Crippen LogP contribution >= 0.6 is 0 Å². The molecule has 5 nitrogen and oxygen atoms in total. The van der Waals surface area contributed by atoms with Crippen molar-refractivity contribution in [3.8, 4) is 0 Å². The number of carbonyl (C=O) groups excluding carboxylic acids is 2. The highest BCUT2D eigenvalue weighted by molar-refractivity contribution is 5.84. The molecule has 1 aliphatic heterocycles. The van der Waals surface area contributed by atoms with E-state index in [9.17, 15) is 9.59 Å². The molecular weight excluding hydrogens is 376 g/mol. The standard InChI is InChI=1S/C25H32N2O3/c1-18(2)26-16-21(27(17-22(26)28)24(29)30-25(3,4)5)23(19-12-8-6-9-13-19)20-14-10-7-11-15-20/h6-15,18,21,23H,16-17H2,1-5H3/t21-/m1/s1. The van der Waals surface area contributed by atoms with Gasteiger partial charge in [0.2, 0.25) is 5.91 Å². The second-order valence-corrected chi connectivity index (χ2v) is 9.11. The summed E-state index contributed by atoms with van der Waals surface area (Å²) >= 11 is 0. The van der Waals surface area contributed by atoms with Gasteiger partial charge in [0.25, 0.3) is 0 Å². The van der Waals surface area contributed by atoms with E-state index < -0.39 is 11.7 Å². The van der Waals surface area contributed by atoms with Gasteiger partial charge in [-0.1, -0.05) is 60.7 Å². The molecule has 0 unspecified atom stereocenters. The van der Waals surface area contributed by atoms with Crippen molar-refractivity contribution in [2.24, 2.45) is 0 Å². The molecule has 0 saturated carbocycles. The lowest BCUT2D eigenvalue weighted by atomic mass is 9.83. The van der Waals surface area contributed by atoms with Crippen molar-refractivity contribution in [1.82, 2.24) is 9.80 Å².